The highest BCUT2D eigenvalue weighted by atomic mass is 32.2. The van der Waals surface area contributed by atoms with Crippen LogP contribution in [0.15, 0.2) is 83.8 Å². The maximum Gasteiger partial charge on any atom is 0.264 e. The Hall–Kier alpha value is -4.05. The lowest BCUT2D eigenvalue weighted by Crippen LogP contribution is -2.52. The molecule has 0 aromatic heterocycles. The number of benzene rings is 3. The van der Waals surface area contributed by atoms with Crippen molar-refractivity contribution in [3.8, 4) is 11.5 Å². The summed E-state index contributed by atoms with van der Waals surface area (Å²) in [5, 5.41) is 2.93. The number of carbonyl (C=O) groups is 2. The SMILES string of the molecule is CCCCNC(=O)[C@H](CC)N(Cc1cccc(OC)c1)C(=O)CN(c1ccccc1)S(=O)(=O)c1ccc(OCC)cc1. The van der Waals surface area contributed by atoms with Crippen LogP contribution in [0.1, 0.15) is 45.6 Å². The van der Waals surface area contributed by atoms with Gasteiger partial charge in [-0.25, -0.2) is 8.42 Å². The van der Waals surface area contributed by atoms with Gasteiger partial charge >= 0.3 is 0 Å². The summed E-state index contributed by atoms with van der Waals surface area (Å²) in [7, 11) is -2.60. The van der Waals surface area contributed by atoms with Crippen LogP contribution >= 0.6 is 0 Å². The normalized spacial score (nSPS) is 11.8. The van der Waals surface area contributed by atoms with Crippen LogP contribution < -0.4 is 19.1 Å². The summed E-state index contributed by atoms with van der Waals surface area (Å²) >= 11 is 0. The first-order valence-corrected chi connectivity index (χ1v) is 15.7. The quantitative estimate of drug-likeness (QED) is 0.234. The van der Waals surface area contributed by atoms with Crippen LogP contribution in [0.4, 0.5) is 5.69 Å². The van der Waals surface area contributed by atoms with E-state index in [2.05, 4.69) is 5.32 Å². The van der Waals surface area contributed by atoms with Gasteiger partial charge in [0, 0.05) is 13.1 Å². The third-order valence-corrected chi connectivity index (χ3v) is 8.54. The molecule has 0 aliphatic carbocycles. The van der Waals surface area contributed by atoms with Crippen molar-refractivity contribution < 1.29 is 27.5 Å². The van der Waals surface area contributed by atoms with Crippen LogP contribution in [0.2, 0.25) is 0 Å². The van der Waals surface area contributed by atoms with Crippen molar-refractivity contribution in [2.45, 2.75) is 57.5 Å². The number of rotatable bonds is 16. The summed E-state index contributed by atoms with van der Waals surface area (Å²) in [6.45, 7) is 6.26. The van der Waals surface area contributed by atoms with E-state index in [-0.39, 0.29) is 17.3 Å². The summed E-state index contributed by atoms with van der Waals surface area (Å²) in [4.78, 5) is 28.9. The number of unbranched alkanes of at least 4 members (excludes halogenated alkanes) is 1. The van der Waals surface area contributed by atoms with Crippen LogP contribution in [0.25, 0.3) is 0 Å². The van der Waals surface area contributed by atoms with Gasteiger partial charge in [-0.3, -0.25) is 13.9 Å². The van der Waals surface area contributed by atoms with E-state index in [0.717, 1.165) is 22.7 Å². The van der Waals surface area contributed by atoms with Crippen LogP contribution in [0.3, 0.4) is 0 Å². The molecule has 0 spiro atoms. The monoisotopic (exact) mass is 595 g/mol. The number of hydrogen-bond acceptors (Lipinski definition) is 6. The highest BCUT2D eigenvalue weighted by Crippen LogP contribution is 2.26. The summed E-state index contributed by atoms with van der Waals surface area (Å²) in [5.74, 6) is 0.379. The molecule has 42 heavy (non-hydrogen) atoms. The number of carbonyl (C=O) groups excluding carboxylic acids is 2. The van der Waals surface area contributed by atoms with E-state index >= 15 is 0 Å². The summed E-state index contributed by atoms with van der Waals surface area (Å²) in [6, 6.07) is 21.0. The minimum Gasteiger partial charge on any atom is -0.497 e. The summed E-state index contributed by atoms with van der Waals surface area (Å²) < 4.78 is 39.8. The molecule has 0 saturated carbocycles. The number of hydrogen-bond donors (Lipinski definition) is 1. The lowest BCUT2D eigenvalue weighted by molar-refractivity contribution is -0.140. The molecule has 0 aliphatic rings. The van der Waals surface area contributed by atoms with Crippen LogP contribution in [0, 0.1) is 0 Å². The van der Waals surface area contributed by atoms with Crippen molar-refractivity contribution in [1.29, 1.82) is 0 Å². The average Bonchev–Trinajstić information content (AvgIpc) is 3.00. The topological polar surface area (TPSA) is 105 Å². The second-order valence-corrected chi connectivity index (χ2v) is 11.6. The first kappa shape index (κ1) is 32.5. The number of methoxy groups -OCH3 is 1. The fourth-order valence-corrected chi connectivity index (χ4v) is 5.93. The lowest BCUT2D eigenvalue weighted by atomic mass is 10.1. The van der Waals surface area contributed by atoms with Crippen molar-refractivity contribution in [3.05, 3.63) is 84.4 Å². The molecule has 1 atom stereocenters. The van der Waals surface area contributed by atoms with Crippen LogP contribution in [0.5, 0.6) is 11.5 Å². The van der Waals surface area contributed by atoms with E-state index in [4.69, 9.17) is 9.47 Å². The van der Waals surface area contributed by atoms with Gasteiger partial charge in [0.15, 0.2) is 0 Å². The average molecular weight is 596 g/mol. The standard InChI is InChI=1S/C32H41N3O6S/c1-5-8-21-33-32(37)30(6-2)34(23-25-13-12-16-28(22-25)40-4)31(36)24-35(26-14-10-9-11-15-26)42(38,39)29-19-17-27(18-20-29)41-7-3/h9-20,22,30H,5-8,21,23-24H2,1-4H3,(H,33,37)/t30-/m0/s1. The van der Waals surface area contributed by atoms with E-state index in [9.17, 15) is 18.0 Å². The van der Waals surface area contributed by atoms with Gasteiger partial charge in [0.25, 0.3) is 10.0 Å². The predicted molar refractivity (Wildman–Crippen MR) is 164 cm³/mol. The second-order valence-electron chi connectivity index (χ2n) is 9.69. The van der Waals surface area contributed by atoms with Crippen LogP contribution in [-0.2, 0) is 26.2 Å². The zero-order valence-corrected chi connectivity index (χ0v) is 25.6. The number of para-hydroxylation sites is 1. The number of anilines is 1. The van der Waals surface area contributed by atoms with Gasteiger partial charge in [0.1, 0.15) is 24.1 Å². The molecule has 0 bridgehead atoms. The molecule has 3 aromatic rings. The fourth-order valence-electron chi connectivity index (χ4n) is 4.52. The first-order valence-electron chi connectivity index (χ1n) is 14.3. The highest BCUT2D eigenvalue weighted by molar-refractivity contribution is 7.92. The minimum absolute atomic E-state index is 0.0197. The molecule has 0 radical (unpaired) electrons. The third kappa shape index (κ3) is 8.48. The molecule has 1 N–H and O–H groups in total. The smallest absolute Gasteiger partial charge is 0.264 e. The summed E-state index contributed by atoms with van der Waals surface area (Å²) in [6.07, 6.45) is 2.08. The van der Waals surface area contributed by atoms with E-state index in [0.29, 0.717) is 36.8 Å². The highest BCUT2D eigenvalue weighted by Gasteiger charge is 2.33. The molecular formula is C32H41N3O6S. The van der Waals surface area contributed by atoms with Gasteiger partial charge in [-0.1, -0.05) is 50.6 Å². The molecule has 0 aliphatic heterocycles. The Kier molecular flexibility index (Phi) is 12.2. The molecule has 0 fully saturated rings. The maximum absolute atomic E-state index is 14.1. The molecule has 9 nitrogen and oxygen atoms in total. The Morgan fingerprint density at radius 1 is 0.905 bits per heavy atom. The number of ether oxygens (including phenoxy) is 2. The van der Waals surface area contributed by atoms with Gasteiger partial charge in [0.2, 0.25) is 11.8 Å². The minimum atomic E-state index is -4.16. The van der Waals surface area contributed by atoms with Gasteiger partial charge in [-0.05, 0) is 73.9 Å². The molecule has 3 aromatic carbocycles. The van der Waals surface area contributed by atoms with E-state index in [1.165, 1.54) is 17.0 Å². The Morgan fingerprint density at radius 3 is 2.24 bits per heavy atom. The molecule has 10 heteroatoms. The van der Waals surface area contributed by atoms with Crippen molar-refractivity contribution in [3.63, 3.8) is 0 Å². The Bertz CT molecular complexity index is 1400. The lowest BCUT2D eigenvalue weighted by Gasteiger charge is -2.33. The molecule has 2 amide bonds. The molecule has 226 valence electrons. The Labute approximate surface area is 249 Å². The number of sulfonamides is 1. The number of nitrogens with zero attached hydrogens (tertiary/aromatic N) is 2. The third-order valence-electron chi connectivity index (χ3n) is 6.75. The number of amides is 2. The molecule has 3 rings (SSSR count). The zero-order chi connectivity index (χ0) is 30.5. The predicted octanol–water partition coefficient (Wildman–Crippen LogP) is 5.01. The Balaban J connectivity index is 2.01. The van der Waals surface area contributed by atoms with Crippen LogP contribution in [-0.4, -0.2) is 58.0 Å². The van der Waals surface area contributed by atoms with E-state index < -0.39 is 28.5 Å². The second kappa shape index (κ2) is 15.8. The van der Waals surface area contributed by atoms with Crippen molar-refractivity contribution >= 4 is 27.5 Å². The summed E-state index contributed by atoms with van der Waals surface area (Å²) in [5.41, 5.74) is 1.09. The molecule has 0 heterocycles. The van der Waals surface area contributed by atoms with Crippen molar-refractivity contribution in [2.75, 3.05) is 31.1 Å². The van der Waals surface area contributed by atoms with E-state index in [1.807, 2.05) is 32.9 Å². The first-order chi connectivity index (χ1) is 20.2. The zero-order valence-electron chi connectivity index (χ0n) is 24.8. The van der Waals surface area contributed by atoms with Crippen molar-refractivity contribution in [1.82, 2.24) is 10.2 Å². The van der Waals surface area contributed by atoms with Gasteiger partial charge in [-0.2, -0.15) is 0 Å². The Morgan fingerprint density at radius 2 is 1.62 bits per heavy atom. The van der Waals surface area contributed by atoms with E-state index in [1.54, 1.807) is 61.7 Å². The molecular weight excluding hydrogens is 554 g/mol. The maximum atomic E-state index is 14.1. The molecule has 0 unspecified atom stereocenters. The van der Waals surface area contributed by atoms with Crippen molar-refractivity contribution in [2.24, 2.45) is 0 Å². The number of nitrogens with one attached hydrogen (secondary N) is 1. The largest absolute Gasteiger partial charge is 0.497 e. The van der Waals surface area contributed by atoms with Gasteiger partial charge in [-0.15, -0.1) is 0 Å². The van der Waals surface area contributed by atoms with Gasteiger partial charge < -0.3 is 19.7 Å². The fraction of sp³-hybridized carbons (Fsp3) is 0.375. The molecule has 0 saturated heterocycles. The van der Waals surface area contributed by atoms with Gasteiger partial charge in [0.05, 0.1) is 24.3 Å².